The number of piperidine rings is 1. The average molecular weight is 391 g/mol. The van der Waals surface area contributed by atoms with E-state index in [1.165, 1.54) is 29.7 Å². The number of halogens is 2. The van der Waals surface area contributed by atoms with E-state index in [1.807, 2.05) is 0 Å². The molecule has 1 aliphatic rings. The number of likely N-dealkylation sites (tertiary alicyclic amines) is 1. The summed E-state index contributed by atoms with van der Waals surface area (Å²) in [6, 6.07) is 6.55. The predicted octanol–water partition coefficient (Wildman–Crippen LogP) is 3.18. The van der Waals surface area contributed by atoms with Gasteiger partial charge >= 0.3 is 0 Å². The number of hydrogen-bond acceptors (Lipinski definition) is 5. The lowest BCUT2D eigenvalue weighted by atomic mass is 10.1. The Labute approximate surface area is 152 Å². The van der Waals surface area contributed by atoms with E-state index in [0.717, 1.165) is 31.6 Å². The summed E-state index contributed by atoms with van der Waals surface area (Å²) in [4.78, 5) is 6.23. The molecule has 1 aromatic carbocycles. The second kappa shape index (κ2) is 8.38. The van der Waals surface area contributed by atoms with E-state index < -0.39 is 9.84 Å². The molecule has 0 radical (unpaired) electrons. The summed E-state index contributed by atoms with van der Waals surface area (Å²) in [5.41, 5.74) is 1.10. The summed E-state index contributed by atoms with van der Waals surface area (Å²) in [6.45, 7) is 2.42. The Morgan fingerprint density at radius 3 is 2.46 bits per heavy atom. The van der Waals surface area contributed by atoms with Crippen LogP contribution in [-0.2, 0) is 16.3 Å². The van der Waals surface area contributed by atoms with Gasteiger partial charge in [0.2, 0.25) is 14.2 Å². The molecule has 0 amide bonds. The van der Waals surface area contributed by atoms with Crippen LogP contribution in [0.25, 0.3) is 0 Å². The van der Waals surface area contributed by atoms with Gasteiger partial charge in [-0.05, 0) is 50.0 Å². The molecule has 1 fully saturated rings. The maximum absolute atomic E-state index is 12.9. The van der Waals surface area contributed by atoms with Crippen LogP contribution < -0.4 is 0 Å². The molecular weight excluding hydrogens is 371 g/mol. The number of rotatable bonds is 5. The molecule has 0 aliphatic carbocycles. The minimum atomic E-state index is -3.27. The van der Waals surface area contributed by atoms with Crippen LogP contribution in [0, 0.1) is 5.82 Å². The van der Waals surface area contributed by atoms with Crippen LogP contribution in [-0.4, -0.2) is 43.2 Å². The van der Waals surface area contributed by atoms with Crippen LogP contribution >= 0.6 is 23.7 Å². The maximum Gasteiger partial charge on any atom is 0.209 e. The van der Waals surface area contributed by atoms with Crippen molar-refractivity contribution >= 4 is 33.6 Å². The molecule has 132 valence electrons. The van der Waals surface area contributed by atoms with Gasteiger partial charge in [0.05, 0.1) is 5.25 Å². The fourth-order valence-corrected chi connectivity index (χ4v) is 5.67. The first kappa shape index (κ1) is 19.3. The zero-order valence-electron chi connectivity index (χ0n) is 13.1. The Kier molecular flexibility index (Phi) is 6.74. The summed E-state index contributed by atoms with van der Waals surface area (Å²) in [5, 5.41) is 1.38. The van der Waals surface area contributed by atoms with Crippen molar-refractivity contribution in [2.75, 3.05) is 19.6 Å². The molecular formula is C16H20ClFN2O2S2. The molecule has 1 saturated heterocycles. The van der Waals surface area contributed by atoms with Crippen LogP contribution in [0.15, 0.2) is 40.2 Å². The average Bonchev–Trinajstić information content (AvgIpc) is 3.10. The third-order valence-electron chi connectivity index (χ3n) is 4.26. The third-order valence-corrected chi connectivity index (χ3v) is 7.75. The molecule has 0 N–H and O–H groups in total. The number of sulfone groups is 1. The molecule has 2 aromatic rings. The van der Waals surface area contributed by atoms with Gasteiger partial charge in [0.15, 0.2) is 0 Å². The van der Waals surface area contributed by atoms with Gasteiger partial charge in [-0.15, -0.1) is 23.7 Å². The van der Waals surface area contributed by atoms with Crippen molar-refractivity contribution in [3.8, 4) is 0 Å². The molecule has 8 heteroatoms. The zero-order chi connectivity index (χ0) is 16.3. The molecule has 1 aromatic heterocycles. The first-order chi connectivity index (χ1) is 11.1. The van der Waals surface area contributed by atoms with Gasteiger partial charge < -0.3 is 4.90 Å². The van der Waals surface area contributed by atoms with E-state index in [4.69, 9.17) is 0 Å². The fourth-order valence-electron chi connectivity index (χ4n) is 2.87. The van der Waals surface area contributed by atoms with Crippen molar-refractivity contribution in [3.05, 3.63) is 47.2 Å². The summed E-state index contributed by atoms with van der Waals surface area (Å²) >= 11 is 1.19. The molecule has 2 heterocycles. The Bertz CT molecular complexity index is 728. The van der Waals surface area contributed by atoms with Gasteiger partial charge in [0, 0.05) is 18.1 Å². The summed E-state index contributed by atoms with van der Waals surface area (Å²) in [7, 11) is -3.27. The maximum atomic E-state index is 12.9. The molecule has 0 spiro atoms. The smallest absolute Gasteiger partial charge is 0.209 e. The van der Waals surface area contributed by atoms with Crippen LogP contribution in [0.1, 0.15) is 18.4 Å². The molecule has 0 atom stereocenters. The van der Waals surface area contributed by atoms with E-state index >= 15 is 0 Å². The van der Waals surface area contributed by atoms with Crippen molar-refractivity contribution in [2.24, 2.45) is 0 Å². The first-order valence-corrected chi connectivity index (χ1v) is 10.1. The minimum Gasteiger partial charge on any atom is -0.303 e. The Morgan fingerprint density at radius 2 is 1.88 bits per heavy atom. The Morgan fingerprint density at radius 1 is 1.21 bits per heavy atom. The van der Waals surface area contributed by atoms with Crippen molar-refractivity contribution < 1.29 is 12.8 Å². The highest BCUT2D eigenvalue weighted by Crippen LogP contribution is 2.25. The normalized spacial score (nSPS) is 16.7. The van der Waals surface area contributed by atoms with Crippen LogP contribution in [0.5, 0.6) is 0 Å². The van der Waals surface area contributed by atoms with Gasteiger partial charge in [-0.1, -0.05) is 12.1 Å². The van der Waals surface area contributed by atoms with Crippen LogP contribution in [0.3, 0.4) is 0 Å². The van der Waals surface area contributed by atoms with Crippen LogP contribution in [0.4, 0.5) is 4.39 Å². The number of nitrogens with zero attached hydrogens (tertiary/aromatic N) is 2. The fraction of sp³-hybridized carbons (Fsp3) is 0.438. The lowest BCUT2D eigenvalue weighted by molar-refractivity contribution is 0.232. The molecule has 0 saturated carbocycles. The van der Waals surface area contributed by atoms with E-state index in [-0.39, 0.29) is 27.8 Å². The van der Waals surface area contributed by atoms with Crippen molar-refractivity contribution in [1.29, 1.82) is 0 Å². The van der Waals surface area contributed by atoms with Crippen LogP contribution in [0.2, 0.25) is 0 Å². The molecule has 0 unspecified atom stereocenters. The van der Waals surface area contributed by atoms with E-state index in [1.54, 1.807) is 17.5 Å². The van der Waals surface area contributed by atoms with Gasteiger partial charge in [0.1, 0.15) is 5.82 Å². The lowest BCUT2D eigenvalue weighted by Gasteiger charge is -2.31. The van der Waals surface area contributed by atoms with E-state index in [2.05, 4.69) is 9.88 Å². The summed E-state index contributed by atoms with van der Waals surface area (Å²) < 4.78 is 38.0. The molecule has 24 heavy (non-hydrogen) atoms. The number of benzene rings is 1. The number of thiazole rings is 1. The highest BCUT2D eigenvalue weighted by atomic mass is 35.5. The summed E-state index contributed by atoms with van der Waals surface area (Å²) in [5.74, 6) is -0.220. The topological polar surface area (TPSA) is 50.3 Å². The number of aromatic nitrogens is 1. The highest BCUT2D eigenvalue weighted by molar-refractivity contribution is 7.93. The third kappa shape index (κ3) is 4.53. The van der Waals surface area contributed by atoms with Gasteiger partial charge in [-0.2, -0.15) is 0 Å². The van der Waals surface area contributed by atoms with Crippen molar-refractivity contribution in [2.45, 2.75) is 28.9 Å². The van der Waals surface area contributed by atoms with Crippen molar-refractivity contribution in [1.82, 2.24) is 9.88 Å². The lowest BCUT2D eigenvalue weighted by Crippen LogP contribution is -2.40. The van der Waals surface area contributed by atoms with Gasteiger partial charge in [0.25, 0.3) is 0 Å². The van der Waals surface area contributed by atoms with Gasteiger partial charge in [-0.3, -0.25) is 0 Å². The van der Waals surface area contributed by atoms with Gasteiger partial charge in [-0.25, -0.2) is 17.8 Å². The first-order valence-electron chi connectivity index (χ1n) is 7.66. The quantitative estimate of drug-likeness (QED) is 0.786. The standard InChI is InChI=1S/C16H19FN2O2S2.ClH/c17-14-3-1-13(2-4-14)5-9-19-10-6-15(7-11-19)23(20,21)16-18-8-12-22-16;/h1-4,8,12,15H,5-7,9-11H2;1H. The molecule has 0 bridgehead atoms. The highest BCUT2D eigenvalue weighted by Gasteiger charge is 2.32. The Hall–Kier alpha value is -1.02. The van der Waals surface area contributed by atoms with E-state index in [0.29, 0.717) is 12.8 Å². The Balaban J connectivity index is 0.00000208. The van der Waals surface area contributed by atoms with Crippen molar-refractivity contribution in [3.63, 3.8) is 0 Å². The minimum absolute atomic E-state index is 0. The second-order valence-electron chi connectivity index (χ2n) is 5.76. The molecule has 3 rings (SSSR count). The SMILES string of the molecule is Cl.O=S(=O)(c1nccs1)C1CCN(CCc2ccc(F)cc2)CC1. The monoisotopic (exact) mass is 390 g/mol. The summed E-state index contributed by atoms with van der Waals surface area (Å²) in [6.07, 6.45) is 3.68. The number of hydrogen-bond donors (Lipinski definition) is 0. The molecule has 1 aliphatic heterocycles. The second-order valence-corrected chi connectivity index (χ2v) is 9.06. The predicted molar refractivity (Wildman–Crippen MR) is 96.1 cm³/mol. The van der Waals surface area contributed by atoms with E-state index in [9.17, 15) is 12.8 Å². The largest absolute Gasteiger partial charge is 0.303 e. The zero-order valence-corrected chi connectivity index (χ0v) is 15.5. The molecule has 4 nitrogen and oxygen atoms in total.